The highest BCUT2D eigenvalue weighted by Gasteiger charge is 2.13. The monoisotopic (exact) mass is 276 g/mol. The predicted octanol–water partition coefficient (Wildman–Crippen LogP) is 3.44. The lowest BCUT2D eigenvalue weighted by Gasteiger charge is -2.18. The van der Waals surface area contributed by atoms with Crippen LogP contribution in [-0.2, 0) is 0 Å². The third kappa shape index (κ3) is 4.43. The first-order valence-electron chi connectivity index (χ1n) is 7.13. The minimum Gasteiger partial charge on any atom is -0.493 e. The molecule has 2 atom stereocenters. The van der Waals surface area contributed by atoms with E-state index in [4.69, 9.17) is 14.7 Å². The molecule has 0 aliphatic rings. The van der Waals surface area contributed by atoms with Gasteiger partial charge in [-0.15, -0.1) is 0 Å². The molecule has 4 heteroatoms. The first kappa shape index (κ1) is 16.3. The van der Waals surface area contributed by atoms with Crippen LogP contribution in [0.5, 0.6) is 11.5 Å². The summed E-state index contributed by atoms with van der Waals surface area (Å²) < 4.78 is 11.0. The Kier molecular flexibility index (Phi) is 6.89. The van der Waals surface area contributed by atoms with Gasteiger partial charge in [0.15, 0.2) is 17.6 Å². The Morgan fingerprint density at radius 2 is 2.05 bits per heavy atom. The molecule has 0 bridgehead atoms. The molecule has 0 amide bonds. The minimum atomic E-state index is -0.439. The second-order valence-corrected chi connectivity index (χ2v) is 4.73. The standard InChI is InChI=1S/C16H24N2O2/c1-5-9-18-12(3)13-7-8-15(16(10-13)19-4)20-14(6-2)11-17/h7-8,10,12,14,18H,5-6,9H2,1-4H3. The highest BCUT2D eigenvalue weighted by molar-refractivity contribution is 5.44. The van der Waals surface area contributed by atoms with Gasteiger partial charge in [0.1, 0.15) is 6.07 Å². The molecule has 0 spiro atoms. The van der Waals surface area contributed by atoms with Crippen LogP contribution >= 0.6 is 0 Å². The zero-order valence-corrected chi connectivity index (χ0v) is 12.8. The molecule has 0 aromatic heterocycles. The Hall–Kier alpha value is -1.73. The highest BCUT2D eigenvalue weighted by atomic mass is 16.5. The van der Waals surface area contributed by atoms with E-state index in [0.29, 0.717) is 17.9 Å². The van der Waals surface area contributed by atoms with Crippen LogP contribution in [0.1, 0.15) is 45.2 Å². The van der Waals surface area contributed by atoms with E-state index in [1.54, 1.807) is 7.11 Å². The second kappa shape index (κ2) is 8.44. The molecule has 0 saturated carbocycles. The second-order valence-electron chi connectivity index (χ2n) is 4.73. The van der Waals surface area contributed by atoms with Crippen molar-refractivity contribution in [2.45, 2.75) is 45.8 Å². The fraction of sp³-hybridized carbons (Fsp3) is 0.562. The van der Waals surface area contributed by atoms with Gasteiger partial charge >= 0.3 is 0 Å². The molecule has 1 aromatic rings. The van der Waals surface area contributed by atoms with E-state index in [1.807, 2.05) is 25.1 Å². The smallest absolute Gasteiger partial charge is 0.184 e. The first-order chi connectivity index (χ1) is 9.65. The topological polar surface area (TPSA) is 54.3 Å². The van der Waals surface area contributed by atoms with Crippen molar-refractivity contribution in [2.24, 2.45) is 0 Å². The van der Waals surface area contributed by atoms with Crippen molar-refractivity contribution in [1.29, 1.82) is 5.26 Å². The van der Waals surface area contributed by atoms with Crippen molar-refractivity contribution in [2.75, 3.05) is 13.7 Å². The minimum absolute atomic E-state index is 0.260. The van der Waals surface area contributed by atoms with Crippen molar-refractivity contribution in [3.63, 3.8) is 0 Å². The van der Waals surface area contributed by atoms with Gasteiger partial charge in [-0.1, -0.05) is 19.9 Å². The Morgan fingerprint density at radius 3 is 2.60 bits per heavy atom. The number of nitriles is 1. The number of methoxy groups -OCH3 is 1. The van der Waals surface area contributed by atoms with E-state index < -0.39 is 6.10 Å². The predicted molar refractivity (Wildman–Crippen MR) is 80.0 cm³/mol. The lowest BCUT2D eigenvalue weighted by Crippen LogP contribution is -2.19. The van der Waals surface area contributed by atoms with E-state index in [0.717, 1.165) is 18.5 Å². The van der Waals surface area contributed by atoms with Crippen molar-refractivity contribution in [3.8, 4) is 17.6 Å². The normalized spacial score (nSPS) is 13.3. The summed E-state index contributed by atoms with van der Waals surface area (Å²) in [6.45, 7) is 7.17. The number of rotatable bonds is 8. The molecule has 0 heterocycles. The van der Waals surface area contributed by atoms with Gasteiger partial charge in [-0.3, -0.25) is 0 Å². The average Bonchev–Trinajstić information content (AvgIpc) is 2.50. The average molecular weight is 276 g/mol. The summed E-state index contributed by atoms with van der Waals surface area (Å²) in [5.41, 5.74) is 1.15. The maximum absolute atomic E-state index is 8.97. The Bertz CT molecular complexity index is 454. The molecular formula is C16H24N2O2. The van der Waals surface area contributed by atoms with E-state index in [1.165, 1.54) is 0 Å². The summed E-state index contributed by atoms with van der Waals surface area (Å²) in [5.74, 6) is 1.29. The van der Waals surface area contributed by atoms with Crippen LogP contribution in [-0.4, -0.2) is 19.8 Å². The van der Waals surface area contributed by atoms with E-state index in [9.17, 15) is 0 Å². The van der Waals surface area contributed by atoms with E-state index in [2.05, 4.69) is 25.2 Å². The van der Waals surface area contributed by atoms with E-state index in [-0.39, 0.29) is 6.04 Å². The number of ether oxygens (including phenoxy) is 2. The number of hydrogen-bond donors (Lipinski definition) is 1. The van der Waals surface area contributed by atoms with Crippen LogP contribution in [0.2, 0.25) is 0 Å². The van der Waals surface area contributed by atoms with Crippen molar-refractivity contribution < 1.29 is 9.47 Å². The SMILES string of the molecule is CCCNC(C)c1ccc(OC(C#N)CC)c(OC)c1. The maximum Gasteiger partial charge on any atom is 0.184 e. The lowest BCUT2D eigenvalue weighted by atomic mass is 10.1. The third-order valence-corrected chi connectivity index (χ3v) is 3.17. The molecule has 0 fully saturated rings. The summed E-state index contributed by atoms with van der Waals surface area (Å²) in [7, 11) is 1.61. The summed E-state index contributed by atoms with van der Waals surface area (Å²) >= 11 is 0. The van der Waals surface area contributed by atoms with Crippen LogP contribution in [0.15, 0.2) is 18.2 Å². The Balaban J connectivity index is 2.87. The van der Waals surface area contributed by atoms with E-state index >= 15 is 0 Å². The molecule has 0 aliphatic carbocycles. The molecule has 0 aliphatic heterocycles. The van der Waals surface area contributed by atoms with Gasteiger partial charge in [0.25, 0.3) is 0 Å². The van der Waals surface area contributed by atoms with Crippen molar-refractivity contribution in [3.05, 3.63) is 23.8 Å². The lowest BCUT2D eigenvalue weighted by molar-refractivity contribution is 0.238. The van der Waals surface area contributed by atoms with Gasteiger partial charge in [0, 0.05) is 6.04 Å². The van der Waals surface area contributed by atoms with Crippen LogP contribution in [0.3, 0.4) is 0 Å². The molecule has 20 heavy (non-hydrogen) atoms. The largest absolute Gasteiger partial charge is 0.493 e. The molecule has 2 unspecified atom stereocenters. The molecule has 110 valence electrons. The summed E-state index contributed by atoms with van der Waals surface area (Å²) in [4.78, 5) is 0. The van der Waals surface area contributed by atoms with Crippen molar-refractivity contribution >= 4 is 0 Å². The van der Waals surface area contributed by atoms with Gasteiger partial charge in [-0.05, 0) is 44.0 Å². The van der Waals surface area contributed by atoms with Gasteiger partial charge in [0.05, 0.1) is 7.11 Å². The molecule has 0 radical (unpaired) electrons. The van der Waals surface area contributed by atoms with Crippen LogP contribution in [0, 0.1) is 11.3 Å². The van der Waals surface area contributed by atoms with Gasteiger partial charge < -0.3 is 14.8 Å². The number of hydrogen-bond acceptors (Lipinski definition) is 4. The fourth-order valence-electron chi connectivity index (χ4n) is 1.88. The zero-order chi connectivity index (χ0) is 15.0. The number of nitrogens with one attached hydrogen (secondary N) is 1. The summed E-state index contributed by atoms with van der Waals surface area (Å²) in [5, 5.41) is 12.4. The molecule has 4 nitrogen and oxygen atoms in total. The van der Waals surface area contributed by atoms with Crippen LogP contribution in [0.25, 0.3) is 0 Å². The molecule has 0 saturated heterocycles. The molecule has 1 rings (SSSR count). The Morgan fingerprint density at radius 1 is 1.30 bits per heavy atom. The molecular weight excluding hydrogens is 252 g/mol. The third-order valence-electron chi connectivity index (χ3n) is 3.17. The molecule has 1 N–H and O–H groups in total. The number of nitrogens with zero attached hydrogens (tertiary/aromatic N) is 1. The fourth-order valence-corrected chi connectivity index (χ4v) is 1.88. The van der Waals surface area contributed by atoms with Crippen LogP contribution in [0.4, 0.5) is 0 Å². The van der Waals surface area contributed by atoms with Gasteiger partial charge in [0.2, 0.25) is 0 Å². The summed E-state index contributed by atoms with van der Waals surface area (Å²) in [6, 6.07) is 8.23. The van der Waals surface area contributed by atoms with Gasteiger partial charge in [-0.2, -0.15) is 5.26 Å². The van der Waals surface area contributed by atoms with Crippen molar-refractivity contribution in [1.82, 2.24) is 5.32 Å². The summed E-state index contributed by atoms with van der Waals surface area (Å²) in [6.07, 6.45) is 1.31. The molecule has 1 aromatic carbocycles. The quantitative estimate of drug-likeness (QED) is 0.790. The zero-order valence-electron chi connectivity index (χ0n) is 12.8. The van der Waals surface area contributed by atoms with Crippen LogP contribution < -0.4 is 14.8 Å². The highest BCUT2D eigenvalue weighted by Crippen LogP contribution is 2.31. The Labute approximate surface area is 121 Å². The van der Waals surface area contributed by atoms with Gasteiger partial charge in [-0.25, -0.2) is 0 Å². The number of benzene rings is 1. The maximum atomic E-state index is 8.97. The first-order valence-corrected chi connectivity index (χ1v) is 7.13.